The second kappa shape index (κ2) is 12.1. The fraction of sp³-hybridized carbons (Fsp3) is 0.818. The van der Waals surface area contributed by atoms with E-state index in [1.54, 1.807) is 20.8 Å². The summed E-state index contributed by atoms with van der Waals surface area (Å²) in [6.45, 7) is 10.9. The van der Waals surface area contributed by atoms with E-state index in [-0.39, 0.29) is 12.6 Å². The van der Waals surface area contributed by atoms with Crippen molar-refractivity contribution in [2.45, 2.75) is 103 Å². The summed E-state index contributed by atoms with van der Waals surface area (Å²) < 4.78 is 22.2. The Kier molecular flexibility index (Phi) is 10.7. The van der Waals surface area contributed by atoms with E-state index in [1.807, 2.05) is 20.8 Å². The van der Waals surface area contributed by atoms with Crippen LogP contribution in [-0.2, 0) is 38.1 Å². The van der Waals surface area contributed by atoms with Crippen molar-refractivity contribution in [1.82, 2.24) is 5.32 Å². The van der Waals surface area contributed by atoms with E-state index in [0.29, 0.717) is 0 Å². The summed E-state index contributed by atoms with van der Waals surface area (Å²) in [4.78, 5) is 47.0. The molecule has 0 radical (unpaired) electrons. The number of hydrogen-bond acceptors (Lipinski definition) is 10. The maximum absolute atomic E-state index is 11.9. The van der Waals surface area contributed by atoms with Gasteiger partial charge in [0.15, 0.2) is 24.8 Å². The predicted octanol–water partition coefficient (Wildman–Crippen LogP) is -0.580. The minimum absolute atomic E-state index is 0.155. The van der Waals surface area contributed by atoms with Crippen LogP contribution >= 0.6 is 0 Å². The van der Waals surface area contributed by atoms with Gasteiger partial charge in [0.05, 0.1) is 24.4 Å². The largest absolute Gasteiger partial charge is 0.479 e. The monoisotopic (exact) mass is 491 g/mol. The fourth-order valence-corrected chi connectivity index (χ4v) is 3.64. The van der Waals surface area contributed by atoms with E-state index in [1.165, 1.54) is 6.92 Å². The highest BCUT2D eigenvalue weighted by molar-refractivity contribution is 5.79. The van der Waals surface area contributed by atoms with Crippen molar-refractivity contribution >= 4 is 24.4 Å². The molecule has 196 valence electrons. The van der Waals surface area contributed by atoms with Gasteiger partial charge in [-0.05, 0) is 26.2 Å². The smallest absolute Gasteiger partial charge is 0.336 e. The van der Waals surface area contributed by atoms with Crippen molar-refractivity contribution in [3.05, 3.63) is 0 Å². The molecule has 0 saturated carbocycles. The number of carbonyl (C=O) groups is 4. The van der Waals surface area contributed by atoms with Crippen LogP contribution < -0.4 is 5.32 Å². The van der Waals surface area contributed by atoms with Crippen molar-refractivity contribution in [3.8, 4) is 0 Å². The third-order valence-corrected chi connectivity index (χ3v) is 4.97. The first-order valence-corrected chi connectivity index (χ1v) is 10.9. The molecule has 12 heteroatoms. The Balaban J connectivity index is 3.29. The molecule has 1 heterocycles. The number of aliphatic carboxylic acids is 1. The lowest BCUT2D eigenvalue weighted by Crippen LogP contribution is -2.68. The fourth-order valence-electron chi connectivity index (χ4n) is 3.64. The quantitative estimate of drug-likeness (QED) is 0.215. The number of amides is 1. The zero-order valence-corrected chi connectivity index (χ0v) is 20.6. The van der Waals surface area contributed by atoms with E-state index in [4.69, 9.17) is 18.9 Å². The Morgan fingerprint density at radius 3 is 2.09 bits per heavy atom. The van der Waals surface area contributed by atoms with E-state index >= 15 is 0 Å². The SMILES string of the molecule is CC(=O)NC1C(OC(C=O)OC(C(=O)O)C(C=O)OC(C)(C)C)[C@@H](O)C(CO)O[C@H]1C(C)(C)C. The van der Waals surface area contributed by atoms with E-state index in [2.05, 4.69) is 5.32 Å². The molecule has 1 aliphatic heterocycles. The lowest BCUT2D eigenvalue weighted by Gasteiger charge is -2.49. The molecule has 12 nitrogen and oxygen atoms in total. The Morgan fingerprint density at radius 2 is 1.71 bits per heavy atom. The molecule has 8 atom stereocenters. The number of carboxylic acid groups (broad SMARTS) is 1. The van der Waals surface area contributed by atoms with Crippen LogP contribution in [0.25, 0.3) is 0 Å². The molecule has 1 saturated heterocycles. The number of carboxylic acids is 1. The lowest BCUT2D eigenvalue weighted by atomic mass is 9.78. The van der Waals surface area contributed by atoms with Crippen molar-refractivity contribution in [2.75, 3.05) is 6.61 Å². The third kappa shape index (κ3) is 8.36. The van der Waals surface area contributed by atoms with Gasteiger partial charge >= 0.3 is 5.97 Å². The average molecular weight is 492 g/mol. The highest BCUT2D eigenvalue weighted by Gasteiger charge is 2.51. The van der Waals surface area contributed by atoms with Crippen molar-refractivity contribution in [3.63, 3.8) is 0 Å². The van der Waals surface area contributed by atoms with Gasteiger partial charge in [-0.25, -0.2) is 4.79 Å². The van der Waals surface area contributed by atoms with E-state index in [0.717, 1.165) is 0 Å². The van der Waals surface area contributed by atoms with Crippen LogP contribution in [0.5, 0.6) is 0 Å². The molecule has 0 aliphatic carbocycles. The van der Waals surface area contributed by atoms with E-state index < -0.39 is 78.5 Å². The van der Waals surface area contributed by atoms with Crippen LogP contribution in [0.4, 0.5) is 0 Å². The van der Waals surface area contributed by atoms with Crippen molar-refractivity contribution in [2.24, 2.45) is 5.41 Å². The number of aliphatic hydroxyl groups is 2. The van der Waals surface area contributed by atoms with Crippen LogP contribution in [0.15, 0.2) is 0 Å². The molecule has 1 aliphatic rings. The molecule has 1 fully saturated rings. The summed E-state index contributed by atoms with van der Waals surface area (Å²) in [6, 6.07) is -0.989. The van der Waals surface area contributed by atoms with Crippen LogP contribution in [-0.4, -0.2) is 101 Å². The molecule has 0 aromatic rings. The summed E-state index contributed by atoms with van der Waals surface area (Å²) >= 11 is 0. The summed E-state index contributed by atoms with van der Waals surface area (Å²) in [5.41, 5.74) is -1.51. The zero-order chi connectivity index (χ0) is 26.4. The molecule has 1 rings (SSSR count). The van der Waals surface area contributed by atoms with Gasteiger partial charge < -0.3 is 44.4 Å². The van der Waals surface area contributed by atoms with Gasteiger partial charge in [-0.1, -0.05) is 20.8 Å². The Hall–Kier alpha value is -1.96. The third-order valence-electron chi connectivity index (χ3n) is 4.97. The standard InChI is InChI=1S/C22H37NO11/c1-11(27)23-15-18(16(28)12(8-24)31-19(15)21(2,3)4)33-14(10-26)32-17(20(29)30)13(9-25)34-22(5,6)7/h9-10,12-19,24,28H,8H2,1-7H3,(H,23,27)(H,29,30)/t12?,13?,14?,15?,16-,17?,18?,19+/m0/s1. The van der Waals surface area contributed by atoms with Gasteiger partial charge in [-0.3, -0.25) is 9.59 Å². The zero-order valence-electron chi connectivity index (χ0n) is 20.6. The molecule has 34 heavy (non-hydrogen) atoms. The highest BCUT2D eigenvalue weighted by atomic mass is 16.7. The topological polar surface area (TPSA) is 178 Å². The van der Waals surface area contributed by atoms with Crippen LogP contribution in [0.3, 0.4) is 0 Å². The normalized spacial score (nSPS) is 28.4. The van der Waals surface area contributed by atoms with Gasteiger partial charge in [-0.15, -0.1) is 0 Å². The first-order valence-electron chi connectivity index (χ1n) is 10.9. The average Bonchev–Trinajstić information content (AvgIpc) is 2.69. The van der Waals surface area contributed by atoms with Crippen molar-refractivity contribution < 1.29 is 53.4 Å². The molecule has 0 aromatic heterocycles. The maximum Gasteiger partial charge on any atom is 0.336 e. The molecular weight excluding hydrogens is 454 g/mol. The van der Waals surface area contributed by atoms with Gasteiger partial charge in [0.25, 0.3) is 0 Å². The van der Waals surface area contributed by atoms with Gasteiger partial charge in [0.1, 0.15) is 18.3 Å². The summed E-state index contributed by atoms with van der Waals surface area (Å²) in [7, 11) is 0. The minimum atomic E-state index is -1.91. The number of aldehydes is 2. The minimum Gasteiger partial charge on any atom is -0.479 e. The van der Waals surface area contributed by atoms with Gasteiger partial charge in [0.2, 0.25) is 12.2 Å². The number of hydrogen-bond donors (Lipinski definition) is 4. The second-order valence-corrected chi connectivity index (χ2v) is 10.2. The number of carbonyl (C=O) groups excluding carboxylic acids is 3. The maximum atomic E-state index is 11.9. The summed E-state index contributed by atoms with van der Waals surface area (Å²) in [6.07, 6.45) is -9.66. The molecule has 1 amide bonds. The molecule has 6 unspecified atom stereocenters. The Labute approximate surface area is 198 Å². The van der Waals surface area contributed by atoms with Crippen LogP contribution in [0.1, 0.15) is 48.5 Å². The molecule has 4 N–H and O–H groups in total. The molecule has 0 spiro atoms. The summed E-state index contributed by atoms with van der Waals surface area (Å²) in [5.74, 6) is -2.05. The molecule has 0 aromatic carbocycles. The van der Waals surface area contributed by atoms with E-state index in [9.17, 15) is 34.5 Å². The van der Waals surface area contributed by atoms with Gasteiger partial charge in [0, 0.05) is 6.92 Å². The van der Waals surface area contributed by atoms with Crippen LogP contribution in [0.2, 0.25) is 0 Å². The molecule has 0 bridgehead atoms. The number of ether oxygens (including phenoxy) is 4. The number of nitrogens with one attached hydrogen (secondary N) is 1. The number of aliphatic hydroxyl groups excluding tert-OH is 2. The summed E-state index contributed by atoms with van der Waals surface area (Å²) in [5, 5.41) is 32.7. The first kappa shape index (κ1) is 30.1. The Bertz CT molecular complexity index is 715. The second-order valence-electron chi connectivity index (χ2n) is 10.2. The van der Waals surface area contributed by atoms with Crippen LogP contribution in [0, 0.1) is 5.41 Å². The molecular formula is C22H37NO11. The van der Waals surface area contributed by atoms with Crippen molar-refractivity contribution in [1.29, 1.82) is 0 Å². The predicted molar refractivity (Wildman–Crippen MR) is 117 cm³/mol. The Morgan fingerprint density at radius 1 is 1.12 bits per heavy atom. The highest BCUT2D eigenvalue weighted by Crippen LogP contribution is 2.35. The first-order chi connectivity index (χ1) is 15.5. The van der Waals surface area contributed by atoms with Gasteiger partial charge in [-0.2, -0.15) is 0 Å². The lowest BCUT2D eigenvalue weighted by molar-refractivity contribution is -0.270. The number of rotatable bonds is 11.